The van der Waals surface area contributed by atoms with E-state index in [0.717, 1.165) is 17.0 Å². The minimum atomic E-state index is -5.07. The van der Waals surface area contributed by atoms with E-state index < -0.39 is 76.5 Å². The molecule has 1 heterocycles. The van der Waals surface area contributed by atoms with Crippen LogP contribution in [0, 0.1) is 5.82 Å². The number of ether oxygens (including phenoxy) is 1. The summed E-state index contributed by atoms with van der Waals surface area (Å²) < 4.78 is 116. The average molecular weight is 623 g/mol. The van der Waals surface area contributed by atoms with Gasteiger partial charge in [-0.2, -0.15) is 26.3 Å². The van der Waals surface area contributed by atoms with Gasteiger partial charge in [-0.05, 0) is 82.0 Å². The van der Waals surface area contributed by atoms with Crippen molar-refractivity contribution in [2.45, 2.75) is 82.5 Å². The minimum absolute atomic E-state index is 0.000889. The van der Waals surface area contributed by atoms with Crippen LogP contribution in [0.2, 0.25) is 0 Å². The molecule has 1 aliphatic rings. The van der Waals surface area contributed by atoms with Crippen LogP contribution in [0.5, 0.6) is 0 Å². The highest BCUT2D eigenvalue weighted by atomic mass is 19.4. The van der Waals surface area contributed by atoms with E-state index in [-0.39, 0.29) is 37.6 Å². The van der Waals surface area contributed by atoms with E-state index >= 15 is 4.39 Å². The summed E-state index contributed by atoms with van der Waals surface area (Å²) in [6, 6.07) is 4.68. The van der Waals surface area contributed by atoms with E-state index in [1.54, 1.807) is 20.8 Å². The molecule has 1 aliphatic heterocycles. The molecule has 3 rings (SSSR count). The lowest BCUT2D eigenvalue weighted by atomic mass is 9.75. The van der Waals surface area contributed by atoms with E-state index in [2.05, 4.69) is 0 Å². The monoisotopic (exact) mass is 622 g/mol. The lowest BCUT2D eigenvalue weighted by molar-refractivity contribution is -0.143. The van der Waals surface area contributed by atoms with E-state index in [4.69, 9.17) is 4.74 Å². The summed E-state index contributed by atoms with van der Waals surface area (Å²) in [4.78, 5) is 28.2. The maximum absolute atomic E-state index is 16.6. The van der Waals surface area contributed by atoms with Crippen molar-refractivity contribution in [3.63, 3.8) is 0 Å². The number of carbonyl (C=O) groups excluding carboxylic acids is 2. The van der Waals surface area contributed by atoms with E-state index in [1.165, 1.54) is 31.0 Å². The number of nitrogens with zero attached hydrogens (tertiary/aromatic N) is 2. The number of halogens is 8. The minimum Gasteiger partial charge on any atom is -0.444 e. The predicted octanol–water partition coefficient (Wildman–Crippen LogP) is 8.30. The van der Waals surface area contributed by atoms with Gasteiger partial charge in [-0.3, -0.25) is 4.79 Å². The largest absolute Gasteiger partial charge is 0.444 e. The zero-order valence-electron chi connectivity index (χ0n) is 24.4. The molecule has 0 aliphatic carbocycles. The second-order valence-corrected chi connectivity index (χ2v) is 11.8. The lowest BCUT2D eigenvalue weighted by Crippen LogP contribution is -2.49. The number of likely N-dealkylation sites (tertiary alicyclic amines) is 1. The van der Waals surface area contributed by atoms with Gasteiger partial charge in [0.15, 0.2) is 0 Å². The van der Waals surface area contributed by atoms with Gasteiger partial charge in [0.2, 0.25) is 5.91 Å². The summed E-state index contributed by atoms with van der Waals surface area (Å²) in [7, 11) is 1.21. The molecule has 5 nitrogen and oxygen atoms in total. The number of rotatable bonds is 6. The molecule has 43 heavy (non-hydrogen) atoms. The van der Waals surface area contributed by atoms with Crippen LogP contribution in [-0.4, -0.2) is 53.2 Å². The molecule has 2 amide bonds. The first-order chi connectivity index (χ1) is 19.6. The lowest BCUT2D eigenvalue weighted by Gasteiger charge is -2.42. The third kappa shape index (κ3) is 8.60. The zero-order chi connectivity index (χ0) is 32.5. The van der Waals surface area contributed by atoms with Gasteiger partial charge in [-0.15, -0.1) is 0 Å². The van der Waals surface area contributed by atoms with Crippen molar-refractivity contribution in [2.24, 2.45) is 0 Å². The summed E-state index contributed by atoms with van der Waals surface area (Å²) in [6.45, 7) is 6.26. The SMILES string of the molecule is C[C@@H](c1cc(C(F)(F)F)cc(C(F)(F)F)c1)N(C)C(=O)CC(c1ccc(F)cc1)C1(F)CCN(C(=O)OC(C)(C)C)CC1. The summed E-state index contributed by atoms with van der Waals surface area (Å²) in [5.41, 5.74) is -5.98. The van der Waals surface area contributed by atoms with Crippen LogP contribution in [0.1, 0.15) is 81.2 Å². The molecule has 2 aromatic rings. The van der Waals surface area contributed by atoms with E-state index in [1.807, 2.05) is 0 Å². The summed E-state index contributed by atoms with van der Waals surface area (Å²) in [5.74, 6) is -2.50. The van der Waals surface area contributed by atoms with Crippen molar-refractivity contribution >= 4 is 12.0 Å². The van der Waals surface area contributed by atoms with Crippen LogP contribution in [0.4, 0.5) is 39.9 Å². The number of alkyl halides is 7. The molecule has 0 N–H and O–H groups in total. The van der Waals surface area contributed by atoms with Crippen LogP contribution in [-0.2, 0) is 21.9 Å². The van der Waals surface area contributed by atoms with Gasteiger partial charge in [-0.1, -0.05) is 12.1 Å². The third-order valence-electron chi connectivity index (χ3n) is 7.59. The molecule has 238 valence electrons. The standard InChI is InChI=1S/C30H34F8N2O3/c1-18(20-14-21(29(33,34)35)16-22(15-20)30(36,37)38)39(5)25(41)17-24(19-6-8-23(31)9-7-19)28(32)10-12-40(13-11-28)26(42)43-27(2,3)4/h6-9,14-16,18,24H,10-13,17H2,1-5H3/t18-,24?/m0/s1. The number of piperidine rings is 1. The fraction of sp³-hybridized carbons (Fsp3) is 0.533. The van der Waals surface area contributed by atoms with Gasteiger partial charge in [0.1, 0.15) is 17.1 Å². The first kappa shape index (κ1) is 34.1. The van der Waals surface area contributed by atoms with Crippen molar-refractivity contribution in [3.8, 4) is 0 Å². The Morgan fingerprint density at radius 3 is 1.84 bits per heavy atom. The third-order valence-corrected chi connectivity index (χ3v) is 7.59. The van der Waals surface area contributed by atoms with Gasteiger partial charge in [0.25, 0.3) is 0 Å². The van der Waals surface area contributed by atoms with E-state index in [9.17, 15) is 40.3 Å². The Labute approximate surface area is 244 Å². The van der Waals surface area contributed by atoms with E-state index in [0.29, 0.717) is 12.1 Å². The number of amides is 2. The average Bonchev–Trinajstić information content (AvgIpc) is 2.89. The van der Waals surface area contributed by atoms with Crippen LogP contribution >= 0.6 is 0 Å². The Morgan fingerprint density at radius 1 is 0.907 bits per heavy atom. The Morgan fingerprint density at radius 2 is 1.40 bits per heavy atom. The molecule has 13 heteroatoms. The molecule has 1 saturated heterocycles. The van der Waals surface area contributed by atoms with Gasteiger partial charge >= 0.3 is 18.4 Å². The maximum Gasteiger partial charge on any atom is 0.416 e. The van der Waals surface area contributed by atoms with Crippen molar-refractivity contribution in [2.75, 3.05) is 20.1 Å². The summed E-state index contributed by atoms with van der Waals surface area (Å²) in [6.07, 6.45) is -11.7. The van der Waals surface area contributed by atoms with Crippen molar-refractivity contribution in [1.29, 1.82) is 0 Å². The Kier molecular flexibility index (Phi) is 9.77. The normalized spacial score (nSPS) is 17.3. The molecule has 0 radical (unpaired) electrons. The highest BCUT2D eigenvalue weighted by Gasteiger charge is 2.45. The van der Waals surface area contributed by atoms with Crippen molar-refractivity contribution in [3.05, 3.63) is 70.5 Å². The first-order valence-corrected chi connectivity index (χ1v) is 13.6. The fourth-order valence-corrected chi connectivity index (χ4v) is 5.01. The molecule has 0 saturated carbocycles. The number of carbonyl (C=O) groups is 2. The fourth-order valence-electron chi connectivity index (χ4n) is 5.01. The van der Waals surface area contributed by atoms with Crippen molar-refractivity contribution in [1.82, 2.24) is 9.80 Å². The number of hydrogen-bond acceptors (Lipinski definition) is 3. The molecule has 2 atom stereocenters. The molecule has 2 aromatic carbocycles. The predicted molar refractivity (Wildman–Crippen MR) is 142 cm³/mol. The Bertz CT molecular complexity index is 1260. The Hall–Kier alpha value is -3.38. The smallest absolute Gasteiger partial charge is 0.416 e. The second-order valence-electron chi connectivity index (χ2n) is 11.8. The molecular weight excluding hydrogens is 588 g/mol. The molecule has 0 bridgehead atoms. The number of hydrogen-bond donors (Lipinski definition) is 0. The van der Waals surface area contributed by atoms with Crippen molar-refractivity contribution < 1.29 is 49.4 Å². The summed E-state index contributed by atoms with van der Waals surface area (Å²) >= 11 is 0. The maximum atomic E-state index is 16.6. The topological polar surface area (TPSA) is 49.9 Å². The molecule has 1 fully saturated rings. The van der Waals surface area contributed by atoms with Crippen LogP contribution in [0.15, 0.2) is 42.5 Å². The highest BCUT2D eigenvalue weighted by Crippen LogP contribution is 2.44. The van der Waals surface area contributed by atoms with Gasteiger partial charge < -0.3 is 14.5 Å². The quantitative estimate of drug-likeness (QED) is 0.305. The first-order valence-electron chi connectivity index (χ1n) is 13.6. The summed E-state index contributed by atoms with van der Waals surface area (Å²) in [5, 5.41) is 0. The van der Waals surface area contributed by atoms with Gasteiger partial charge in [0, 0.05) is 32.5 Å². The molecule has 0 spiro atoms. The molecule has 1 unspecified atom stereocenters. The van der Waals surface area contributed by atoms with Crippen LogP contribution < -0.4 is 0 Å². The second kappa shape index (κ2) is 12.3. The number of benzene rings is 2. The molecular formula is C30H34F8N2O3. The van der Waals surface area contributed by atoms with Gasteiger partial charge in [-0.25, -0.2) is 13.6 Å². The zero-order valence-corrected chi connectivity index (χ0v) is 24.4. The van der Waals surface area contributed by atoms with Gasteiger partial charge in [0.05, 0.1) is 17.2 Å². The van der Waals surface area contributed by atoms with Crippen LogP contribution in [0.3, 0.4) is 0 Å². The Balaban J connectivity index is 1.88. The highest BCUT2D eigenvalue weighted by molar-refractivity contribution is 5.77. The van der Waals surface area contributed by atoms with Crippen LogP contribution in [0.25, 0.3) is 0 Å². The molecule has 0 aromatic heterocycles.